The summed E-state index contributed by atoms with van der Waals surface area (Å²) in [4.78, 5) is 19.5. The minimum absolute atomic E-state index is 0.000529. The maximum absolute atomic E-state index is 12.7. The maximum atomic E-state index is 12.7. The normalized spacial score (nSPS) is 21.6. The first-order valence-corrected chi connectivity index (χ1v) is 10.9. The minimum Gasteiger partial charge on any atom is -0.372 e. The van der Waals surface area contributed by atoms with Gasteiger partial charge < -0.3 is 9.80 Å². The number of hydrogen-bond acceptors (Lipinski definition) is 4. The van der Waals surface area contributed by atoms with E-state index >= 15 is 0 Å². The number of fused-ring (bicyclic) bond motifs is 1. The zero-order valence-corrected chi connectivity index (χ0v) is 18.3. The van der Waals surface area contributed by atoms with Crippen molar-refractivity contribution in [3.05, 3.63) is 46.7 Å². The summed E-state index contributed by atoms with van der Waals surface area (Å²) in [6.45, 7) is 12.9. The van der Waals surface area contributed by atoms with E-state index < -0.39 is 0 Å². The number of aryl methyl sites for hydroxylation is 1. The number of likely N-dealkylation sites (tertiary alicyclic amines) is 2. The Morgan fingerprint density at radius 1 is 1.17 bits per heavy atom. The molecule has 3 heterocycles. The molecular formula is C22H30ClN5O. The van der Waals surface area contributed by atoms with Gasteiger partial charge in [0.05, 0.1) is 6.20 Å². The Morgan fingerprint density at radius 2 is 1.86 bits per heavy atom. The van der Waals surface area contributed by atoms with Gasteiger partial charge in [0.25, 0.3) is 0 Å². The summed E-state index contributed by atoms with van der Waals surface area (Å²) >= 11 is 6.28. The monoisotopic (exact) mass is 415 g/mol. The highest BCUT2D eigenvalue weighted by molar-refractivity contribution is 6.30. The molecule has 156 valence electrons. The van der Waals surface area contributed by atoms with Crippen molar-refractivity contribution in [2.75, 3.05) is 44.2 Å². The van der Waals surface area contributed by atoms with E-state index in [-0.39, 0.29) is 6.03 Å². The molecule has 2 fully saturated rings. The summed E-state index contributed by atoms with van der Waals surface area (Å²) in [6, 6.07) is 6.25. The third-order valence-corrected chi connectivity index (χ3v) is 6.52. The van der Waals surface area contributed by atoms with Gasteiger partial charge in [0.2, 0.25) is 0 Å². The van der Waals surface area contributed by atoms with Gasteiger partial charge in [0.15, 0.2) is 0 Å². The fourth-order valence-corrected chi connectivity index (χ4v) is 4.97. The number of carbonyl (C=O) groups is 1. The van der Waals surface area contributed by atoms with Crippen LogP contribution < -0.4 is 4.90 Å². The molecule has 2 saturated heterocycles. The zero-order chi connectivity index (χ0) is 20.5. The second-order valence-electron chi connectivity index (χ2n) is 8.31. The Morgan fingerprint density at radius 3 is 2.45 bits per heavy atom. The van der Waals surface area contributed by atoms with Crippen molar-refractivity contribution in [3.63, 3.8) is 0 Å². The Labute approximate surface area is 178 Å². The van der Waals surface area contributed by atoms with Crippen molar-refractivity contribution < 1.29 is 4.79 Å². The number of carbonyl (C=O) groups excluding carboxylic acids is 1. The molecule has 29 heavy (non-hydrogen) atoms. The highest BCUT2D eigenvalue weighted by Gasteiger charge is 2.42. The highest BCUT2D eigenvalue weighted by Crippen LogP contribution is 2.34. The van der Waals surface area contributed by atoms with Crippen molar-refractivity contribution in [2.24, 2.45) is 11.8 Å². The molecule has 2 aliphatic rings. The number of nitrogens with zero attached hydrogens (tertiary/aromatic N) is 5. The Balaban J connectivity index is 1.40. The van der Waals surface area contributed by atoms with Gasteiger partial charge >= 0.3 is 6.03 Å². The molecule has 0 bridgehead atoms. The maximum Gasteiger partial charge on any atom is 0.344 e. The van der Waals surface area contributed by atoms with Crippen molar-refractivity contribution in [2.45, 2.75) is 27.3 Å². The standard InChI is InChI=1S/C22H30ClN5O/c1-4-26(5-2)21-8-20(23)7-6-17(21)11-25-12-18-14-27(15-19(18)13-25)22(29)28-10-16(3)9-24-28/h6-10,18-19H,4-5,11-15H2,1-3H3. The van der Waals surface area contributed by atoms with Gasteiger partial charge in [-0.1, -0.05) is 17.7 Å². The van der Waals surface area contributed by atoms with E-state index in [9.17, 15) is 4.79 Å². The Hall–Kier alpha value is -2.05. The number of hydrogen-bond donors (Lipinski definition) is 0. The smallest absolute Gasteiger partial charge is 0.344 e. The van der Waals surface area contributed by atoms with Crippen molar-refractivity contribution in [1.82, 2.24) is 19.6 Å². The van der Waals surface area contributed by atoms with E-state index in [0.29, 0.717) is 11.8 Å². The Bertz CT molecular complexity index is 864. The molecule has 2 aliphatic heterocycles. The molecule has 0 spiro atoms. The lowest BCUT2D eigenvalue weighted by molar-refractivity contribution is 0.197. The average Bonchev–Trinajstić information content (AvgIpc) is 3.39. The van der Waals surface area contributed by atoms with E-state index in [1.165, 1.54) is 15.9 Å². The van der Waals surface area contributed by atoms with Crippen molar-refractivity contribution in [3.8, 4) is 0 Å². The SMILES string of the molecule is CCN(CC)c1cc(Cl)ccc1CN1CC2CN(C(=O)n3cc(C)cn3)CC2C1. The van der Waals surface area contributed by atoms with E-state index in [1.807, 2.05) is 17.9 Å². The van der Waals surface area contributed by atoms with Crippen LogP contribution in [0.3, 0.4) is 0 Å². The van der Waals surface area contributed by atoms with Gasteiger partial charge in [-0.15, -0.1) is 0 Å². The number of rotatable bonds is 5. The van der Waals surface area contributed by atoms with Gasteiger partial charge in [0.1, 0.15) is 0 Å². The van der Waals surface area contributed by atoms with E-state index in [4.69, 9.17) is 11.6 Å². The molecule has 1 amide bonds. The third kappa shape index (κ3) is 4.14. The minimum atomic E-state index is 0.000529. The first kappa shape index (κ1) is 20.2. The topological polar surface area (TPSA) is 44.6 Å². The molecule has 0 aliphatic carbocycles. The van der Waals surface area contributed by atoms with E-state index in [0.717, 1.165) is 56.4 Å². The lowest BCUT2D eigenvalue weighted by Gasteiger charge is -2.27. The van der Waals surface area contributed by atoms with Gasteiger partial charge in [0, 0.05) is 62.7 Å². The average molecular weight is 416 g/mol. The van der Waals surface area contributed by atoms with Crippen LogP contribution in [0.5, 0.6) is 0 Å². The van der Waals surface area contributed by atoms with Gasteiger partial charge in [-0.2, -0.15) is 9.78 Å². The molecule has 0 N–H and O–H groups in total. The molecule has 2 aromatic rings. The lowest BCUT2D eigenvalue weighted by atomic mass is 10.0. The van der Waals surface area contributed by atoms with Crippen LogP contribution in [0.1, 0.15) is 25.0 Å². The molecule has 2 atom stereocenters. The predicted octanol–water partition coefficient (Wildman–Crippen LogP) is 3.72. The largest absolute Gasteiger partial charge is 0.372 e. The van der Waals surface area contributed by atoms with Crippen molar-refractivity contribution >= 4 is 23.3 Å². The highest BCUT2D eigenvalue weighted by atomic mass is 35.5. The van der Waals surface area contributed by atoms with Crippen LogP contribution in [0.4, 0.5) is 10.5 Å². The fourth-order valence-electron chi connectivity index (χ4n) is 4.81. The second kappa shape index (κ2) is 8.36. The van der Waals surface area contributed by atoms with Crippen LogP contribution in [0.15, 0.2) is 30.6 Å². The number of amides is 1. The first-order valence-electron chi connectivity index (χ1n) is 10.5. The molecule has 6 nitrogen and oxygen atoms in total. The molecular weight excluding hydrogens is 386 g/mol. The number of benzene rings is 1. The zero-order valence-electron chi connectivity index (χ0n) is 17.5. The fraction of sp³-hybridized carbons (Fsp3) is 0.545. The summed E-state index contributed by atoms with van der Waals surface area (Å²) in [5.41, 5.74) is 3.58. The first-order chi connectivity index (χ1) is 14.0. The lowest BCUT2D eigenvalue weighted by Crippen LogP contribution is -2.36. The summed E-state index contributed by atoms with van der Waals surface area (Å²) < 4.78 is 1.47. The number of aromatic nitrogens is 2. The molecule has 0 radical (unpaired) electrons. The quantitative estimate of drug-likeness (QED) is 0.746. The van der Waals surface area contributed by atoms with Crippen LogP contribution >= 0.6 is 11.6 Å². The predicted molar refractivity (Wildman–Crippen MR) is 117 cm³/mol. The molecule has 1 aromatic heterocycles. The summed E-state index contributed by atoms with van der Waals surface area (Å²) in [5.74, 6) is 1.08. The van der Waals surface area contributed by atoms with Crippen LogP contribution in [-0.4, -0.2) is 64.9 Å². The molecule has 7 heteroatoms. The van der Waals surface area contributed by atoms with Crippen LogP contribution in [-0.2, 0) is 6.54 Å². The summed E-state index contributed by atoms with van der Waals surface area (Å²) in [5, 5.41) is 4.96. The molecule has 0 saturated carbocycles. The molecule has 2 unspecified atom stereocenters. The molecule has 1 aromatic carbocycles. The van der Waals surface area contributed by atoms with Crippen LogP contribution in [0, 0.1) is 18.8 Å². The van der Waals surface area contributed by atoms with Gasteiger partial charge in [-0.05, 0) is 55.9 Å². The number of anilines is 1. The van der Waals surface area contributed by atoms with E-state index in [1.54, 1.807) is 12.4 Å². The number of halogens is 1. The summed E-state index contributed by atoms with van der Waals surface area (Å²) in [6.07, 6.45) is 3.54. The summed E-state index contributed by atoms with van der Waals surface area (Å²) in [7, 11) is 0. The van der Waals surface area contributed by atoms with Gasteiger partial charge in [-0.25, -0.2) is 4.79 Å². The third-order valence-electron chi connectivity index (χ3n) is 6.29. The van der Waals surface area contributed by atoms with Crippen molar-refractivity contribution in [1.29, 1.82) is 0 Å². The molecule has 4 rings (SSSR count). The van der Waals surface area contributed by atoms with Crippen LogP contribution in [0.2, 0.25) is 5.02 Å². The second-order valence-corrected chi connectivity index (χ2v) is 8.75. The van der Waals surface area contributed by atoms with Gasteiger partial charge in [-0.3, -0.25) is 4.90 Å². The van der Waals surface area contributed by atoms with E-state index in [2.05, 4.69) is 40.9 Å². The van der Waals surface area contributed by atoms with Crippen LogP contribution in [0.25, 0.3) is 0 Å². The Kier molecular flexibility index (Phi) is 5.83.